The lowest BCUT2D eigenvalue weighted by Crippen LogP contribution is -2.50. The second kappa shape index (κ2) is 6.01. The Hall–Kier alpha value is -1.40. The van der Waals surface area contributed by atoms with Gasteiger partial charge in [0, 0.05) is 19.3 Å². The van der Waals surface area contributed by atoms with E-state index in [1.807, 2.05) is 21.8 Å². The molecule has 1 saturated carbocycles. The van der Waals surface area contributed by atoms with Gasteiger partial charge in [-0.2, -0.15) is 5.10 Å². The molecule has 3 heterocycles. The van der Waals surface area contributed by atoms with Gasteiger partial charge in [-0.1, -0.05) is 0 Å². The van der Waals surface area contributed by atoms with E-state index in [1.54, 1.807) is 0 Å². The van der Waals surface area contributed by atoms with Gasteiger partial charge in [-0.25, -0.2) is 0 Å². The maximum Gasteiger partial charge on any atom is 0.274 e. The van der Waals surface area contributed by atoms with Crippen LogP contribution in [0.2, 0.25) is 0 Å². The van der Waals surface area contributed by atoms with Gasteiger partial charge in [-0.3, -0.25) is 9.48 Å². The molecule has 2 saturated heterocycles. The quantitative estimate of drug-likeness (QED) is 0.907. The number of nitrogens with one attached hydrogen (secondary N) is 1. The van der Waals surface area contributed by atoms with Crippen LogP contribution in [-0.4, -0.2) is 59.5 Å². The number of piperidine rings is 1. The highest BCUT2D eigenvalue weighted by Gasteiger charge is 2.40. The third-order valence-electron chi connectivity index (χ3n) is 5.06. The van der Waals surface area contributed by atoms with Crippen LogP contribution in [0, 0.1) is 5.92 Å². The monoisotopic (exact) mass is 304 g/mol. The summed E-state index contributed by atoms with van der Waals surface area (Å²) in [5.74, 6) is 0.705. The minimum Gasteiger partial charge on any atom is -0.377 e. The average molecular weight is 304 g/mol. The maximum absolute atomic E-state index is 12.8. The highest BCUT2D eigenvalue weighted by Crippen LogP contribution is 2.37. The molecule has 3 fully saturated rings. The van der Waals surface area contributed by atoms with E-state index in [-0.39, 0.29) is 11.9 Å². The fourth-order valence-electron chi connectivity index (χ4n) is 3.61. The first-order valence-electron chi connectivity index (χ1n) is 8.47. The molecule has 4 rings (SSSR count). The van der Waals surface area contributed by atoms with Gasteiger partial charge in [-0.05, 0) is 44.2 Å². The summed E-state index contributed by atoms with van der Waals surface area (Å²) in [5, 5.41) is 7.96. The molecule has 2 aliphatic heterocycles. The number of ether oxygens (including phenoxy) is 1. The highest BCUT2D eigenvalue weighted by molar-refractivity contribution is 5.92. The predicted octanol–water partition coefficient (Wildman–Crippen LogP) is 1.06. The molecule has 6 heteroatoms. The molecule has 22 heavy (non-hydrogen) atoms. The van der Waals surface area contributed by atoms with Gasteiger partial charge < -0.3 is 15.0 Å². The van der Waals surface area contributed by atoms with Crippen LogP contribution in [0.4, 0.5) is 0 Å². The summed E-state index contributed by atoms with van der Waals surface area (Å²) in [6.07, 6.45) is 6.70. The number of hydrogen-bond acceptors (Lipinski definition) is 4. The first-order chi connectivity index (χ1) is 10.8. The molecule has 0 bridgehead atoms. The topological polar surface area (TPSA) is 59.4 Å². The normalized spacial score (nSPS) is 29.5. The largest absolute Gasteiger partial charge is 0.377 e. The van der Waals surface area contributed by atoms with Gasteiger partial charge in [0.2, 0.25) is 0 Å². The fraction of sp³-hybridized carbons (Fsp3) is 0.750. The van der Waals surface area contributed by atoms with E-state index in [9.17, 15) is 4.79 Å². The van der Waals surface area contributed by atoms with E-state index in [0.29, 0.717) is 37.4 Å². The molecule has 3 aliphatic rings. The molecule has 1 amide bonds. The average Bonchev–Trinajstić information content (AvgIpc) is 3.31. The summed E-state index contributed by atoms with van der Waals surface area (Å²) < 4.78 is 7.54. The molecule has 2 unspecified atom stereocenters. The second-order valence-electron chi connectivity index (χ2n) is 6.66. The summed E-state index contributed by atoms with van der Waals surface area (Å²) in [5.41, 5.74) is 0.582. The van der Waals surface area contributed by atoms with Crippen molar-refractivity contribution in [1.29, 1.82) is 0 Å². The van der Waals surface area contributed by atoms with Crippen molar-refractivity contribution < 1.29 is 9.53 Å². The zero-order chi connectivity index (χ0) is 14.9. The van der Waals surface area contributed by atoms with Crippen molar-refractivity contribution in [3.05, 3.63) is 18.0 Å². The molecular weight excluding hydrogens is 280 g/mol. The van der Waals surface area contributed by atoms with E-state index in [4.69, 9.17) is 4.74 Å². The van der Waals surface area contributed by atoms with Crippen LogP contribution in [0.5, 0.6) is 0 Å². The number of morpholine rings is 1. The van der Waals surface area contributed by atoms with Crippen molar-refractivity contribution in [3.63, 3.8) is 0 Å². The van der Waals surface area contributed by atoms with Crippen LogP contribution in [-0.2, 0) is 4.74 Å². The molecule has 6 nitrogen and oxygen atoms in total. The van der Waals surface area contributed by atoms with Crippen LogP contribution < -0.4 is 5.32 Å². The van der Waals surface area contributed by atoms with Crippen LogP contribution in [0.3, 0.4) is 0 Å². The number of amides is 1. The Morgan fingerprint density at radius 2 is 2.27 bits per heavy atom. The molecule has 1 aromatic heterocycles. The lowest BCUT2D eigenvalue weighted by atomic mass is 10.1. The molecule has 120 valence electrons. The third kappa shape index (κ3) is 2.77. The minimum absolute atomic E-state index is 0.0720. The lowest BCUT2D eigenvalue weighted by molar-refractivity contribution is -0.00869. The summed E-state index contributed by atoms with van der Waals surface area (Å²) in [4.78, 5) is 14.8. The van der Waals surface area contributed by atoms with Gasteiger partial charge >= 0.3 is 0 Å². The van der Waals surface area contributed by atoms with E-state index in [0.717, 1.165) is 19.5 Å². The van der Waals surface area contributed by atoms with E-state index in [2.05, 4.69) is 10.4 Å². The Balaban J connectivity index is 1.48. The molecular formula is C16H24N4O2. The van der Waals surface area contributed by atoms with Crippen molar-refractivity contribution in [2.45, 2.75) is 37.8 Å². The molecule has 1 aromatic rings. The molecule has 1 N–H and O–H groups in total. The van der Waals surface area contributed by atoms with Crippen LogP contribution in [0.25, 0.3) is 0 Å². The summed E-state index contributed by atoms with van der Waals surface area (Å²) >= 11 is 0. The third-order valence-corrected chi connectivity index (χ3v) is 5.06. The van der Waals surface area contributed by atoms with Gasteiger partial charge in [0.25, 0.3) is 5.91 Å². The van der Waals surface area contributed by atoms with E-state index >= 15 is 0 Å². The van der Waals surface area contributed by atoms with Crippen LogP contribution >= 0.6 is 0 Å². The van der Waals surface area contributed by atoms with E-state index in [1.165, 1.54) is 19.3 Å². The lowest BCUT2D eigenvalue weighted by Gasteiger charge is -2.35. The molecule has 0 spiro atoms. The number of rotatable bonds is 3. The first-order valence-corrected chi connectivity index (χ1v) is 8.47. The smallest absolute Gasteiger partial charge is 0.274 e. The van der Waals surface area contributed by atoms with Crippen molar-refractivity contribution in [1.82, 2.24) is 20.0 Å². The zero-order valence-corrected chi connectivity index (χ0v) is 12.9. The Labute approximate surface area is 130 Å². The Kier molecular flexibility index (Phi) is 3.88. The van der Waals surface area contributed by atoms with Crippen molar-refractivity contribution >= 4 is 5.91 Å². The van der Waals surface area contributed by atoms with Crippen molar-refractivity contribution in [2.24, 2.45) is 5.92 Å². The Morgan fingerprint density at radius 3 is 3.05 bits per heavy atom. The molecule has 1 aliphatic carbocycles. The van der Waals surface area contributed by atoms with Crippen molar-refractivity contribution in [2.75, 3.05) is 32.8 Å². The Morgan fingerprint density at radius 1 is 1.36 bits per heavy atom. The highest BCUT2D eigenvalue weighted by atomic mass is 16.5. The fourth-order valence-corrected chi connectivity index (χ4v) is 3.61. The standard InChI is InChI=1S/C16H24N4O2/c21-16(19-8-9-22-11-15(19)12-3-4-12)14-5-7-20(18-14)13-2-1-6-17-10-13/h5,7,12-13,15,17H,1-4,6,8-11H2. The summed E-state index contributed by atoms with van der Waals surface area (Å²) in [6, 6.07) is 2.50. The second-order valence-corrected chi connectivity index (χ2v) is 6.66. The SMILES string of the molecule is O=C(c1ccn(C2CCCNC2)n1)N1CCOCC1C1CC1. The number of carbonyl (C=O) groups is 1. The van der Waals surface area contributed by atoms with Crippen molar-refractivity contribution in [3.8, 4) is 0 Å². The van der Waals surface area contributed by atoms with Gasteiger partial charge in [-0.15, -0.1) is 0 Å². The van der Waals surface area contributed by atoms with Crippen LogP contribution in [0.1, 0.15) is 42.2 Å². The number of nitrogens with zero attached hydrogens (tertiary/aromatic N) is 3. The zero-order valence-electron chi connectivity index (χ0n) is 12.9. The van der Waals surface area contributed by atoms with Gasteiger partial charge in [0.1, 0.15) is 5.69 Å². The number of hydrogen-bond donors (Lipinski definition) is 1. The maximum atomic E-state index is 12.8. The summed E-state index contributed by atoms with van der Waals surface area (Å²) in [6.45, 7) is 4.04. The Bertz CT molecular complexity index is 534. The molecule has 0 radical (unpaired) electrons. The number of aromatic nitrogens is 2. The van der Waals surface area contributed by atoms with E-state index < -0.39 is 0 Å². The minimum atomic E-state index is 0.0720. The molecule has 0 aromatic carbocycles. The van der Waals surface area contributed by atoms with Crippen LogP contribution in [0.15, 0.2) is 12.3 Å². The number of carbonyl (C=O) groups excluding carboxylic acids is 1. The summed E-state index contributed by atoms with van der Waals surface area (Å²) in [7, 11) is 0. The molecule has 2 atom stereocenters. The van der Waals surface area contributed by atoms with Gasteiger partial charge in [0.15, 0.2) is 0 Å². The predicted molar refractivity (Wildman–Crippen MR) is 81.7 cm³/mol. The first kappa shape index (κ1) is 14.2. The van der Waals surface area contributed by atoms with Gasteiger partial charge in [0.05, 0.1) is 25.3 Å².